The van der Waals surface area contributed by atoms with Gasteiger partial charge < -0.3 is 0 Å². The molecule has 0 saturated heterocycles. The van der Waals surface area contributed by atoms with E-state index >= 15 is 0 Å². The van der Waals surface area contributed by atoms with Crippen molar-refractivity contribution in [1.82, 2.24) is 24.1 Å². The predicted octanol–water partition coefficient (Wildman–Crippen LogP) is 6.91. The van der Waals surface area contributed by atoms with Gasteiger partial charge in [0.05, 0.1) is 34.1 Å². The molecule has 6 rings (SSSR count). The molecule has 6 nitrogen and oxygen atoms in total. The number of hydrogen-bond acceptors (Lipinski definition) is 4. The first-order valence-corrected chi connectivity index (χ1v) is 13.0. The van der Waals surface area contributed by atoms with E-state index in [9.17, 15) is 4.79 Å². The number of imidazole rings is 1. The van der Waals surface area contributed by atoms with Crippen LogP contribution in [0.15, 0.2) is 96.3 Å². The fourth-order valence-corrected chi connectivity index (χ4v) is 5.22. The van der Waals surface area contributed by atoms with Crippen LogP contribution in [-0.2, 0) is 7.05 Å². The summed E-state index contributed by atoms with van der Waals surface area (Å²) in [6.07, 6.45) is 9.53. The maximum atomic E-state index is 13.5. The normalized spacial score (nSPS) is 12.3. The van der Waals surface area contributed by atoms with Crippen LogP contribution in [0.5, 0.6) is 0 Å². The fourth-order valence-electron chi connectivity index (χ4n) is 5.22. The molecule has 0 aliphatic carbocycles. The first-order chi connectivity index (χ1) is 18.5. The van der Waals surface area contributed by atoms with Crippen LogP contribution in [0.2, 0.25) is 0 Å². The van der Waals surface area contributed by atoms with E-state index in [4.69, 9.17) is 0 Å². The highest BCUT2D eigenvalue weighted by atomic mass is 16.1. The van der Waals surface area contributed by atoms with Gasteiger partial charge in [0.2, 0.25) is 0 Å². The third-order valence-corrected chi connectivity index (χ3v) is 7.38. The Labute approximate surface area is 221 Å². The Morgan fingerprint density at radius 3 is 2.39 bits per heavy atom. The van der Waals surface area contributed by atoms with Crippen LogP contribution in [0.25, 0.3) is 50.0 Å². The van der Waals surface area contributed by atoms with E-state index < -0.39 is 0 Å². The summed E-state index contributed by atoms with van der Waals surface area (Å²) in [5, 5.41) is 0.928. The van der Waals surface area contributed by atoms with Crippen LogP contribution in [0.4, 0.5) is 0 Å². The van der Waals surface area contributed by atoms with Crippen molar-refractivity contribution in [1.29, 1.82) is 0 Å². The third-order valence-electron chi connectivity index (χ3n) is 7.38. The molecular weight excluding hydrogens is 470 g/mol. The Morgan fingerprint density at radius 2 is 1.68 bits per heavy atom. The standard InChI is InChI=1S/C32H29N5O/c1-4-6-21(2)22-8-12-26(13-9-22)37-31-27-17-23(10-15-29(27)35-20-30(31)36(3)32(37)38)24-11-14-28(34-19-24)25-7-5-16-33-18-25/h5,7-21H,4,6H2,1-3H3. The van der Waals surface area contributed by atoms with E-state index in [1.54, 1.807) is 28.6 Å². The van der Waals surface area contributed by atoms with Crippen molar-refractivity contribution in [2.75, 3.05) is 0 Å². The first-order valence-electron chi connectivity index (χ1n) is 13.0. The van der Waals surface area contributed by atoms with Crippen molar-refractivity contribution in [2.45, 2.75) is 32.6 Å². The molecule has 4 heterocycles. The molecule has 4 aromatic heterocycles. The summed E-state index contributed by atoms with van der Waals surface area (Å²) < 4.78 is 3.48. The van der Waals surface area contributed by atoms with Gasteiger partial charge in [0.1, 0.15) is 0 Å². The maximum Gasteiger partial charge on any atom is 0.333 e. The summed E-state index contributed by atoms with van der Waals surface area (Å²) >= 11 is 0. The number of hydrogen-bond donors (Lipinski definition) is 0. The summed E-state index contributed by atoms with van der Waals surface area (Å²) in [6.45, 7) is 4.46. The van der Waals surface area contributed by atoms with Crippen molar-refractivity contribution in [3.8, 4) is 28.1 Å². The number of benzene rings is 2. The van der Waals surface area contributed by atoms with Crippen LogP contribution < -0.4 is 5.69 Å². The fraction of sp³-hybridized carbons (Fsp3) is 0.188. The molecule has 0 aliphatic heterocycles. The topological polar surface area (TPSA) is 65.6 Å². The lowest BCUT2D eigenvalue weighted by molar-refractivity contribution is 0.665. The van der Waals surface area contributed by atoms with Gasteiger partial charge in [-0.25, -0.2) is 4.79 Å². The lowest BCUT2D eigenvalue weighted by Crippen LogP contribution is -2.20. The maximum absolute atomic E-state index is 13.5. The van der Waals surface area contributed by atoms with Gasteiger partial charge >= 0.3 is 5.69 Å². The number of aryl methyl sites for hydroxylation is 1. The Morgan fingerprint density at radius 1 is 0.868 bits per heavy atom. The van der Waals surface area contributed by atoms with Gasteiger partial charge in [0, 0.05) is 42.2 Å². The number of fused-ring (bicyclic) bond motifs is 3. The van der Waals surface area contributed by atoms with Crippen molar-refractivity contribution in [3.05, 3.63) is 108 Å². The van der Waals surface area contributed by atoms with Crippen LogP contribution in [0, 0.1) is 0 Å². The van der Waals surface area contributed by atoms with E-state index in [0.717, 1.165) is 62.8 Å². The van der Waals surface area contributed by atoms with E-state index in [0.29, 0.717) is 5.92 Å². The van der Waals surface area contributed by atoms with Gasteiger partial charge in [-0.15, -0.1) is 0 Å². The summed E-state index contributed by atoms with van der Waals surface area (Å²) in [5.41, 5.74) is 8.43. The molecule has 0 saturated carbocycles. The molecule has 0 amide bonds. The van der Waals surface area contributed by atoms with Crippen LogP contribution in [0.3, 0.4) is 0 Å². The number of pyridine rings is 3. The van der Waals surface area contributed by atoms with Gasteiger partial charge in [-0.2, -0.15) is 0 Å². The van der Waals surface area contributed by atoms with Crippen molar-refractivity contribution in [3.63, 3.8) is 0 Å². The zero-order chi connectivity index (χ0) is 26.2. The summed E-state index contributed by atoms with van der Waals surface area (Å²) in [6, 6.07) is 22.6. The zero-order valence-electron chi connectivity index (χ0n) is 21.8. The lowest BCUT2D eigenvalue weighted by atomic mass is 9.96. The Kier molecular flexibility index (Phi) is 6.08. The second-order valence-corrected chi connectivity index (χ2v) is 9.86. The summed E-state index contributed by atoms with van der Waals surface area (Å²) in [4.78, 5) is 27.0. The molecular formula is C32H29N5O. The van der Waals surface area contributed by atoms with E-state index in [1.807, 2.05) is 36.7 Å². The SMILES string of the molecule is CCCC(C)c1ccc(-n2c(=O)n(C)c3cnc4ccc(-c5ccc(-c6cccnc6)nc5)cc4c32)cc1. The summed E-state index contributed by atoms with van der Waals surface area (Å²) in [5.74, 6) is 0.490. The second kappa shape index (κ2) is 9.71. The predicted molar refractivity (Wildman–Crippen MR) is 154 cm³/mol. The quantitative estimate of drug-likeness (QED) is 0.250. The molecule has 38 heavy (non-hydrogen) atoms. The molecule has 0 fully saturated rings. The largest absolute Gasteiger partial charge is 0.333 e. The molecule has 0 spiro atoms. The van der Waals surface area contributed by atoms with Crippen LogP contribution in [-0.4, -0.2) is 24.1 Å². The van der Waals surface area contributed by atoms with Gasteiger partial charge in [0.15, 0.2) is 0 Å². The molecule has 6 heteroatoms. The monoisotopic (exact) mass is 499 g/mol. The van der Waals surface area contributed by atoms with Crippen molar-refractivity contribution < 1.29 is 0 Å². The van der Waals surface area contributed by atoms with Crippen LogP contribution >= 0.6 is 0 Å². The molecule has 0 aliphatic rings. The Balaban J connectivity index is 1.48. The zero-order valence-corrected chi connectivity index (χ0v) is 21.8. The molecule has 0 bridgehead atoms. The third kappa shape index (κ3) is 4.08. The number of rotatable bonds is 6. The molecule has 2 aromatic carbocycles. The van der Waals surface area contributed by atoms with E-state index in [2.05, 4.69) is 71.3 Å². The van der Waals surface area contributed by atoms with Crippen molar-refractivity contribution in [2.24, 2.45) is 7.05 Å². The van der Waals surface area contributed by atoms with E-state index in [-0.39, 0.29) is 5.69 Å². The highest BCUT2D eigenvalue weighted by Gasteiger charge is 2.17. The lowest BCUT2D eigenvalue weighted by Gasteiger charge is -2.12. The van der Waals surface area contributed by atoms with Gasteiger partial charge in [0.25, 0.3) is 0 Å². The smallest absolute Gasteiger partial charge is 0.293 e. The Bertz CT molecular complexity index is 1800. The molecule has 188 valence electrons. The molecule has 0 radical (unpaired) electrons. The molecule has 6 aromatic rings. The average Bonchev–Trinajstić information content (AvgIpc) is 3.23. The highest BCUT2D eigenvalue weighted by molar-refractivity contribution is 6.04. The van der Waals surface area contributed by atoms with Gasteiger partial charge in [-0.1, -0.05) is 44.5 Å². The highest BCUT2D eigenvalue weighted by Crippen LogP contribution is 2.31. The minimum atomic E-state index is -0.0865. The van der Waals surface area contributed by atoms with Gasteiger partial charge in [-0.3, -0.25) is 24.1 Å². The second-order valence-electron chi connectivity index (χ2n) is 9.86. The minimum Gasteiger partial charge on any atom is -0.293 e. The molecule has 0 N–H and O–H groups in total. The van der Waals surface area contributed by atoms with E-state index in [1.165, 1.54) is 5.56 Å². The summed E-state index contributed by atoms with van der Waals surface area (Å²) in [7, 11) is 1.80. The molecule has 1 atom stereocenters. The number of nitrogens with zero attached hydrogens (tertiary/aromatic N) is 5. The minimum absolute atomic E-state index is 0.0865. The first kappa shape index (κ1) is 23.8. The average molecular weight is 500 g/mol. The Hall–Kier alpha value is -4.58. The van der Waals surface area contributed by atoms with Crippen molar-refractivity contribution >= 4 is 21.9 Å². The molecule has 1 unspecified atom stereocenters. The number of aromatic nitrogens is 5. The van der Waals surface area contributed by atoms with Gasteiger partial charge in [-0.05, 0) is 65.9 Å². The van der Waals surface area contributed by atoms with Crippen LogP contribution in [0.1, 0.15) is 38.2 Å².